The van der Waals surface area contributed by atoms with E-state index >= 15 is 0 Å². The zero-order valence-electron chi connectivity index (χ0n) is 20.7. The average Bonchev–Trinajstić information content (AvgIpc) is 2.62. The van der Waals surface area contributed by atoms with E-state index in [1.807, 2.05) is 13.8 Å². The summed E-state index contributed by atoms with van der Waals surface area (Å²) >= 11 is 0. The van der Waals surface area contributed by atoms with E-state index in [-0.39, 0.29) is 29.8 Å². The van der Waals surface area contributed by atoms with E-state index in [0.717, 1.165) is 44.9 Å². The molecule has 0 aliphatic rings. The number of nitrogens with zero attached hydrogens (tertiary/aromatic N) is 1. The Hall–Kier alpha value is -2.85. The number of nitrogens with one attached hydrogen (secondary N) is 4. The Labute approximate surface area is 196 Å². The van der Waals surface area contributed by atoms with Crippen molar-refractivity contribution in [3.05, 3.63) is 0 Å². The van der Waals surface area contributed by atoms with Crippen molar-refractivity contribution in [2.24, 2.45) is 10.7 Å². The number of unbranched alkanes of at least 4 members (excludes halogenated alkanes) is 6. The van der Waals surface area contributed by atoms with Crippen molar-refractivity contribution in [1.29, 1.82) is 5.41 Å². The Morgan fingerprint density at radius 2 is 1.52 bits per heavy atom. The van der Waals surface area contributed by atoms with Crippen LogP contribution in [0.4, 0.5) is 4.79 Å². The molecular weight excluding hydrogens is 428 g/mol. The third-order valence-corrected chi connectivity index (χ3v) is 4.44. The van der Waals surface area contributed by atoms with Crippen LogP contribution in [-0.4, -0.2) is 52.7 Å². The molecule has 0 aliphatic heterocycles. The zero-order valence-corrected chi connectivity index (χ0v) is 20.7. The Morgan fingerprint density at radius 3 is 2.03 bits per heavy atom. The van der Waals surface area contributed by atoms with Crippen LogP contribution in [0.3, 0.4) is 0 Å². The molecule has 0 atom stereocenters. The number of carboxylic acids is 1. The summed E-state index contributed by atoms with van der Waals surface area (Å²) in [5.74, 6) is -1.75. The predicted molar refractivity (Wildman–Crippen MR) is 128 cm³/mol. The molecule has 190 valence electrons. The van der Waals surface area contributed by atoms with E-state index in [1.54, 1.807) is 20.8 Å². The van der Waals surface area contributed by atoms with Gasteiger partial charge in [-0.15, -0.1) is 4.99 Å². The van der Waals surface area contributed by atoms with Gasteiger partial charge in [-0.25, -0.2) is 4.79 Å². The predicted octanol–water partition coefficient (Wildman–Crippen LogP) is 2.84. The van der Waals surface area contributed by atoms with Gasteiger partial charge in [0.2, 0.25) is 11.9 Å². The van der Waals surface area contributed by atoms with E-state index in [2.05, 4.69) is 20.9 Å². The molecule has 0 unspecified atom stereocenters. The SMILES string of the molecule is CC(C)(CCCCCCCCCC(=O)NC(=NC(=O)OC(C)(C)C)NCC(=O)O)NC(=N)N. The maximum Gasteiger partial charge on any atom is 0.437 e. The average molecular weight is 471 g/mol. The van der Waals surface area contributed by atoms with Gasteiger partial charge in [0.25, 0.3) is 0 Å². The van der Waals surface area contributed by atoms with Crippen LogP contribution in [0.1, 0.15) is 92.4 Å². The number of hydrogen-bond acceptors (Lipinski definition) is 5. The fourth-order valence-electron chi connectivity index (χ4n) is 3.01. The van der Waals surface area contributed by atoms with Gasteiger partial charge in [0, 0.05) is 12.0 Å². The lowest BCUT2D eigenvalue weighted by atomic mass is 9.96. The smallest absolute Gasteiger partial charge is 0.437 e. The number of rotatable bonds is 13. The number of ether oxygens (including phenoxy) is 1. The summed E-state index contributed by atoms with van der Waals surface area (Å²) in [6, 6.07) is 0. The molecule has 0 radical (unpaired) electrons. The molecule has 0 saturated heterocycles. The van der Waals surface area contributed by atoms with E-state index in [0.29, 0.717) is 6.42 Å². The van der Waals surface area contributed by atoms with Gasteiger partial charge in [-0.2, -0.15) is 0 Å². The molecule has 11 heteroatoms. The van der Waals surface area contributed by atoms with Crippen molar-refractivity contribution >= 4 is 29.9 Å². The highest BCUT2D eigenvalue weighted by Crippen LogP contribution is 2.16. The maximum atomic E-state index is 12.1. The van der Waals surface area contributed by atoms with Gasteiger partial charge >= 0.3 is 12.1 Å². The van der Waals surface area contributed by atoms with Crippen LogP contribution < -0.4 is 21.7 Å². The summed E-state index contributed by atoms with van der Waals surface area (Å²) < 4.78 is 5.06. The summed E-state index contributed by atoms with van der Waals surface area (Å²) in [5, 5.41) is 23.9. The minimum atomic E-state index is -1.15. The summed E-state index contributed by atoms with van der Waals surface area (Å²) in [5.41, 5.74) is 4.45. The van der Waals surface area contributed by atoms with Crippen molar-refractivity contribution in [2.75, 3.05) is 6.54 Å². The fourth-order valence-corrected chi connectivity index (χ4v) is 3.01. The molecule has 2 amide bonds. The van der Waals surface area contributed by atoms with Crippen molar-refractivity contribution < 1.29 is 24.2 Å². The Bertz CT molecular complexity index is 685. The largest absolute Gasteiger partial charge is 0.480 e. The molecule has 0 rings (SSSR count). The lowest BCUT2D eigenvalue weighted by Gasteiger charge is -2.26. The highest BCUT2D eigenvalue weighted by atomic mass is 16.6. The van der Waals surface area contributed by atoms with Gasteiger partial charge in [0.1, 0.15) is 12.1 Å². The summed E-state index contributed by atoms with van der Waals surface area (Å²) in [7, 11) is 0. The highest BCUT2D eigenvalue weighted by molar-refractivity contribution is 6.01. The number of hydrogen-bond donors (Lipinski definition) is 6. The number of aliphatic carboxylic acids is 1. The normalized spacial score (nSPS) is 12.1. The Morgan fingerprint density at radius 1 is 0.970 bits per heavy atom. The molecule has 0 spiro atoms. The molecule has 33 heavy (non-hydrogen) atoms. The van der Waals surface area contributed by atoms with Crippen LogP contribution in [0.5, 0.6) is 0 Å². The van der Waals surface area contributed by atoms with Gasteiger partial charge in [0.15, 0.2) is 5.96 Å². The molecule has 0 heterocycles. The van der Waals surface area contributed by atoms with Crippen molar-refractivity contribution in [3.63, 3.8) is 0 Å². The van der Waals surface area contributed by atoms with E-state index in [4.69, 9.17) is 21.0 Å². The van der Waals surface area contributed by atoms with Crippen LogP contribution in [0.25, 0.3) is 0 Å². The highest BCUT2D eigenvalue weighted by Gasteiger charge is 2.18. The molecule has 0 saturated carbocycles. The van der Waals surface area contributed by atoms with Crippen molar-refractivity contribution in [2.45, 2.75) is 104 Å². The fraction of sp³-hybridized carbons (Fsp3) is 0.773. The van der Waals surface area contributed by atoms with Gasteiger partial charge in [-0.05, 0) is 47.5 Å². The first-order valence-corrected chi connectivity index (χ1v) is 11.4. The summed E-state index contributed by atoms with van der Waals surface area (Å²) in [4.78, 5) is 38.4. The van der Waals surface area contributed by atoms with Crippen LogP contribution >= 0.6 is 0 Å². The molecule has 0 fully saturated rings. The molecule has 0 aromatic rings. The molecule has 0 bridgehead atoms. The molecule has 0 aliphatic carbocycles. The van der Waals surface area contributed by atoms with Crippen LogP contribution in [-0.2, 0) is 14.3 Å². The van der Waals surface area contributed by atoms with Gasteiger partial charge < -0.3 is 26.2 Å². The lowest BCUT2D eigenvalue weighted by molar-refractivity contribution is -0.135. The zero-order chi connectivity index (χ0) is 25.5. The Balaban J connectivity index is 4.18. The van der Waals surface area contributed by atoms with Crippen molar-refractivity contribution in [3.8, 4) is 0 Å². The van der Waals surface area contributed by atoms with Crippen LogP contribution in [0.15, 0.2) is 4.99 Å². The molecular formula is C22H42N6O5. The van der Waals surface area contributed by atoms with Crippen LogP contribution in [0, 0.1) is 5.41 Å². The molecule has 0 aromatic heterocycles. The monoisotopic (exact) mass is 470 g/mol. The van der Waals surface area contributed by atoms with E-state index < -0.39 is 24.2 Å². The molecule has 7 N–H and O–H groups in total. The third kappa shape index (κ3) is 19.6. The number of carbonyl (C=O) groups is 3. The second kappa shape index (κ2) is 15.1. The lowest BCUT2D eigenvalue weighted by Crippen LogP contribution is -2.46. The number of amides is 2. The first-order valence-electron chi connectivity index (χ1n) is 11.4. The number of nitrogens with two attached hydrogens (primary N) is 1. The number of guanidine groups is 2. The number of aliphatic imine (C=N–C) groups is 1. The van der Waals surface area contributed by atoms with Crippen LogP contribution in [0.2, 0.25) is 0 Å². The minimum Gasteiger partial charge on any atom is -0.480 e. The third-order valence-electron chi connectivity index (χ3n) is 4.44. The van der Waals surface area contributed by atoms with Gasteiger partial charge in [0.05, 0.1) is 0 Å². The number of carbonyl (C=O) groups excluding carboxylic acids is 2. The quantitative estimate of drug-likeness (QED) is 0.135. The minimum absolute atomic E-state index is 0.00932. The first kappa shape index (κ1) is 30.1. The molecule has 11 nitrogen and oxygen atoms in total. The topological polar surface area (TPSA) is 179 Å². The standard InChI is InChI=1S/C22H42N6O5/c1-21(2,3)33-20(32)27-19(25-15-17(30)31)26-16(29)13-11-9-7-6-8-10-12-14-22(4,5)28-18(23)24/h6-15H2,1-5H3,(H,30,31)(H4,23,24,28)(H2,25,26,27,29,32). The van der Waals surface area contributed by atoms with Crippen molar-refractivity contribution in [1.82, 2.24) is 16.0 Å². The van der Waals surface area contributed by atoms with E-state index in [9.17, 15) is 14.4 Å². The summed E-state index contributed by atoms with van der Waals surface area (Å²) in [6.07, 6.45) is 7.19. The Kier molecular flexibility index (Phi) is 13.8. The van der Waals surface area contributed by atoms with E-state index in [1.165, 1.54) is 0 Å². The maximum absolute atomic E-state index is 12.1. The van der Waals surface area contributed by atoms with Gasteiger partial charge in [-0.1, -0.05) is 38.5 Å². The molecule has 0 aromatic carbocycles. The summed E-state index contributed by atoms with van der Waals surface area (Å²) in [6.45, 7) is 8.59. The van der Waals surface area contributed by atoms with Gasteiger partial charge in [-0.3, -0.25) is 20.3 Å². The first-order chi connectivity index (χ1) is 15.2. The number of carboxylic acid groups (broad SMARTS) is 1. The second-order valence-electron chi connectivity index (χ2n) is 9.63. The second-order valence-corrected chi connectivity index (χ2v) is 9.63.